The van der Waals surface area contributed by atoms with Crippen molar-refractivity contribution in [2.75, 3.05) is 19.5 Å². The Morgan fingerprint density at radius 3 is 2.19 bits per heavy atom. The van der Waals surface area contributed by atoms with Gasteiger partial charge in [-0.1, -0.05) is 0 Å². The predicted molar refractivity (Wildman–Crippen MR) is 74.9 cm³/mol. The summed E-state index contributed by atoms with van der Waals surface area (Å²) in [6.45, 7) is 0.259. The van der Waals surface area contributed by atoms with Crippen LogP contribution >= 0.6 is 0 Å². The molecule has 0 radical (unpaired) electrons. The molecular weight excluding hydrogens is 280 g/mol. The van der Waals surface area contributed by atoms with Gasteiger partial charge in [-0.3, -0.25) is 0 Å². The van der Waals surface area contributed by atoms with Crippen LogP contribution < -0.4 is 14.8 Å². The molecule has 0 aliphatic rings. The monoisotopic (exact) mass is 295 g/mol. The minimum absolute atomic E-state index is 0.100. The van der Waals surface area contributed by atoms with Crippen LogP contribution in [0.1, 0.15) is 5.56 Å². The zero-order chi connectivity index (χ0) is 15.4. The van der Waals surface area contributed by atoms with E-state index in [0.717, 1.165) is 6.07 Å². The molecule has 6 heteroatoms. The topological polar surface area (TPSA) is 50.7 Å². The lowest BCUT2D eigenvalue weighted by Crippen LogP contribution is -2.03. The van der Waals surface area contributed by atoms with E-state index in [0.29, 0.717) is 5.56 Å². The van der Waals surface area contributed by atoms with Crippen LogP contribution in [0.3, 0.4) is 0 Å². The fraction of sp³-hybridized carbons (Fsp3) is 0.200. The molecule has 112 valence electrons. The first-order valence-corrected chi connectivity index (χ1v) is 6.18. The van der Waals surface area contributed by atoms with Crippen LogP contribution in [0.15, 0.2) is 30.3 Å². The van der Waals surface area contributed by atoms with Crippen LogP contribution in [0.4, 0.5) is 14.5 Å². The molecule has 0 fully saturated rings. The SMILES string of the molecule is COc1cc(CNc2ccc(F)cc2F)cc(OC)c1O. The molecular formula is C15H15F2NO3. The first kappa shape index (κ1) is 14.9. The summed E-state index contributed by atoms with van der Waals surface area (Å²) < 4.78 is 36.4. The van der Waals surface area contributed by atoms with E-state index >= 15 is 0 Å². The number of halogens is 2. The second-order valence-corrected chi connectivity index (χ2v) is 4.33. The van der Waals surface area contributed by atoms with E-state index in [9.17, 15) is 13.9 Å². The van der Waals surface area contributed by atoms with Gasteiger partial charge in [0.25, 0.3) is 0 Å². The number of nitrogens with one attached hydrogen (secondary N) is 1. The zero-order valence-corrected chi connectivity index (χ0v) is 11.6. The molecule has 2 N–H and O–H groups in total. The maximum absolute atomic E-state index is 13.5. The van der Waals surface area contributed by atoms with Crippen molar-refractivity contribution < 1.29 is 23.4 Å². The largest absolute Gasteiger partial charge is 0.502 e. The van der Waals surface area contributed by atoms with Crippen molar-refractivity contribution in [2.45, 2.75) is 6.54 Å². The van der Waals surface area contributed by atoms with E-state index in [1.807, 2.05) is 0 Å². The van der Waals surface area contributed by atoms with Gasteiger partial charge in [-0.15, -0.1) is 0 Å². The number of hydrogen-bond acceptors (Lipinski definition) is 4. The van der Waals surface area contributed by atoms with Crippen LogP contribution in [0.25, 0.3) is 0 Å². The molecule has 21 heavy (non-hydrogen) atoms. The number of ether oxygens (including phenoxy) is 2. The average Bonchev–Trinajstić information content (AvgIpc) is 2.47. The van der Waals surface area contributed by atoms with Gasteiger partial charge in [0.2, 0.25) is 5.75 Å². The summed E-state index contributed by atoms with van der Waals surface area (Å²) in [7, 11) is 2.84. The number of anilines is 1. The Morgan fingerprint density at radius 1 is 1.05 bits per heavy atom. The normalized spacial score (nSPS) is 10.3. The predicted octanol–water partition coefficient (Wildman–Crippen LogP) is 3.30. The van der Waals surface area contributed by atoms with Crippen LogP contribution in [0.2, 0.25) is 0 Å². The number of hydrogen-bond donors (Lipinski definition) is 2. The van der Waals surface area contributed by atoms with Crippen molar-refractivity contribution in [3.05, 3.63) is 47.5 Å². The smallest absolute Gasteiger partial charge is 0.200 e. The molecule has 2 rings (SSSR count). The highest BCUT2D eigenvalue weighted by atomic mass is 19.1. The summed E-state index contributed by atoms with van der Waals surface area (Å²) >= 11 is 0. The summed E-state index contributed by atoms with van der Waals surface area (Å²) in [6.07, 6.45) is 0. The molecule has 2 aromatic carbocycles. The Balaban J connectivity index is 2.19. The van der Waals surface area contributed by atoms with Gasteiger partial charge >= 0.3 is 0 Å². The third-order valence-electron chi connectivity index (χ3n) is 2.95. The highest BCUT2D eigenvalue weighted by Gasteiger charge is 2.11. The fourth-order valence-corrected chi connectivity index (χ4v) is 1.88. The number of aromatic hydroxyl groups is 1. The minimum Gasteiger partial charge on any atom is -0.502 e. The Labute approximate surface area is 120 Å². The lowest BCUT2D eigenvalue weighted by atomic mass is 10.1. The van der Waals surface area contributed by atoms with Crippen molar-refractivity contribution >= 4 is 5.69 Å². The third-order valence-corrected chi connectivity index (χ3v) is 2.95. The molecule has 0 saturated carbocycles. The van der Waals surface area contributed by atoms with E-state index in [1.165, 1.54) is 26.4 Å². The van der Waals surface area contributed by atoms with Gasteiger partial charge in [0.15, 0.2) is 11.5 Å². The number of phenolic OH excluding ortho intramolecular Hbond substituents is 1. The molecule has 0 aliphatic carbocycles. The van der Waals surface area contributed by atoms with Gasteiger partial charge in [-0.05, 0) is 29.8 Å². The van der Waals surface area contributed by atoms with Crippen molar-refractivity contribution in [3.8, 4) is 17.2 Å². The summed E-state index contributed by atoms with van der Waals surface area (Å²) in [5.41, 5.74) is 0.896. The number of benzene rings is 2. The van der Waals surface area contributed by atoms with Crippen LogP contribution in [-0.4, -0.2) is 19.3 Å². The molecule has 0 amide bonds. The fourth-order valence-electron chi connectivity index (χ4n) is 1.88. The molecule has 0 aromatic heterocycles. The molecule has 0 bridgehead atoms. The lowest BCUT2D eigenvalue weighted by molar-refractivity contribution is 0.339. The number of phenols is 1. The molecule has 4 nitrogen and oxygen atoms in total. The molecule has 0 atom stereocenters. The van der Waals surface area contributed by atoms with Crippen molar-refractivity contribution in [1.29, 1.82) is 0 Å². The van der Waals surface area contributed by atoms with E-state index in [1.54, 1.807) is 12.1 Å². The molecule has 2 aromatic rings. The lowest BCUT2D eigenvalue weighted by Gasteiger charge is -2.12. The highest BCUT2D eigenvalue weighted by molar-refractivity contribution is 5.54. The minimum atomic E-state index is -0.673. The Hall–Kier alpha value is -2.50. The maximum atomic E-state index is 13.5. The van der Waals surface area contributed by atoms with Gasteiger partial charge in [0, 0.05) is 12.6 Å². The van der Waals surface area contributed by atoms with Gasteiger partial charge in [0.1, 0.15) is 11.6 Å². The highest BCUT2D eigenvalue weighted by Crippen LogP contribution is 2.37. The summed E-state index contributed by atoms with van der Waals surface area (Å²) in [4.78, 5) is 0. The quantitative estimate of drug-likeness (QED) is 0.888. The molecule has 0 unspecified atom stereocenters. The van der Waals surface area contributed by atoms with Crippen molar-refractivity contribution in [2.24, 2.45) is 0 Å². The second-order valence-electron chi connectivity index (χ2n) is 4.33. The first-order valence-electron chi connectivity index (χ1n) is 6.18. The van der Waals surface area contributed by atoms with E-state index in [-0.39, 0.29) is 29.5 Å². The van der Waals surface area contributed by atoms with E-state index in [2.05, 4.69) is 5.32 Å². The summed E-state index contributed by atoms with van der Waals surface area (Å²) in [5, 5.41) is 12.6. The number of methoxy groups -OCH3 is 2. The second kappa shape index (κ2) is 6.30. The first-order chi connectivity index (χ1) is 10.0. The van der Waals surface area contributed by atoms with E-state index < -0.39 is 11.6 Å². The van der Waals surface area contributed by atoms with Crippen molar-refractivity contribution in [3.63, 3.8) is 0 Å². The standard InChI is InChI=1S/C15H15F2NO3/c1-20-13-5-9(6-14(21-2)15(13)19)8-18-12-4-3-10(16)7-11(12)17/h3-7,18-19H,8H2,1-2H3. The molecule has 0 aliphatic heterocycles. The average molecular weight is 295 g/mol. The third kappa shape index (κ3) is 3.34. The summed E-state index contributed by atoms with van der Waals surface area (Å²) in [5.74, 6) is -0.896. The Kier molecular flexibility index (Phi) is 4.47. The molecule has 0 heterocycles. The summed E-state index contributed by atoms with van der Waals surface area (Å²) in [6, 6.07) is 6.50. The number of rotatable bonds is 5. The molecule has 0 saturated heterocycles. The van der Waals surface area contributed by atoms with Crippen molar-refractivity contribution in [1.82, 2.24) is 0 Å². The molecule has 0 spiro atoms. The van der Waals surface area contributed by atoms with Gasteiger partial charge in [-0.2, -0.15) is 0 Å². The van der Waals surface area contributed by atoms with Gasteiger partial charge in [0.05, 0.1) is 19.9 Å². The Bertz CT molecular complexity index is 622. The van der Waals surface area contributed by atoms with Crippen LogP contribution in [0.5, 0.6) is 17.2 Å². The van der Waals surface area contributed by atoms with Crippen LogP contribution in [0, 0.1) is 11.6 Å². The maximum Gasteiger partial charge on any atom is 0.200 e. The van der Waals surface area contributed by atoms with Gasteiger partial charge in [-0.25, -0.2) is 8.78 Å². The zero-order valence-electron chi connectivity index (χ0n) is 11.6. The Morgan fingerprint density at radius 2 is 1.67 bits per heavy atom. The van der Waals surface area contributed by atoms with Crippen LogP contribution in [-0.2, 0) is 6.54 Å². The van der Waals surface area contributed by atoms with E-state index in [4.69, 9.17) is 9.47 Å². The van der Waals surface area contributed by atoms with Gasteiger partial charge < -0.3 is 19.9 Å².